The Morgan fingerprint density at radius 1 is 1.69 bits per heavy atom. The fourth-order valence-corrected chi connectivity index (χ4v) is 1.94. The minimum Gasteiger partial charge on any atom is -0.396 e. The van der Waals surface area contributed by atoms with Crippen LogP contribution >= 0.6 is 23.4 Å². The molecular formula is C8H11ClN2OS. The highest BCUT2D eigenvalue weighted by molar-refractivity contribution is 7.99. The van der Waals surface area contributed by atoms with Gasteiger partial charge in [-0.3, -0.25) is 0 Å². The highest BCUT2D eigenvalue weighted by atomic mass is 35.5. The van der Waals surface area contributed by atoms with Gasteiger partial charge in [0, 0.05) is 18.1 Å². The number of aliphatic hydroxyl groups excluding tert-OH is 1. The van der Waals surface area contributed by atoms with E-state index in [9.17, 15) is 0 Å². The second-order valence-corrected chi connectivity index (χ2v) is 4.40. The molecule has 0 amide bonds. The smallest absolute Gasteiger partial charge is 0.223 e. The van der Waals surface area contributed by atoms with E-state index >= 15 is 0 Å². The maximum atomic E-state index is 8.70. The van der Waals surface area contributed by atoms with Crippen LogP contribution in [0.4, 0.5) is 0 Å². The predicted molar refractivity (Wildman–Crippen MR) is 54.1 cm³/mol. The monoisotopic (exact) mass is 218 g/mol. The minimum absolute atomic E-state index is 0.201. The lowest BCUT2D eigenvalue weighted by atomic mass is 10.3. The minimum atomic E-state index is 0.201. The summed E-state index contributed by atoms with van der Waals surface area (Å²) >= 11 is 7.21. The van der Waals surface area contributed by atoms with Crippen molar-refractivity contribution in [3.8, 4) is 0 Å². The molecule has 5 heteroatoms. The third-order valence-corrected chi connectivity index (χ3v) is 2.75. The Balaban J connectivity index is 2.53. The van der Waals surface area contributed by atoms with Crippen LogP contribution in [0.1, 0.15) is 13.3 Å². The normalized spacial score (nSPS) is 12.8. The summed E-state index contributed by atoms with van der Waals surface area (Å²) < 4.78 is 0. The Hall–Kier alpha value is -0.320. The number of aliphatic hydroxyl groups is 1. The Labute approximate surface area is 86.6 Å². The summed E-state index contributed by atoms with van der Waals surface area (Å²) in [5.74, 6) is 0. The zero-order chi connectivity index (χ0) is 9.68. The molecule has 0 saturated carbocycles. The number of halogens is 1. The molecule has 1 unspecified atom stereocenters. The molecule has 0 aliphatic rings. The predicted octanol–water partition coefficient (Wildman–Crippen LogP) is 1.99. The van der Waals surface area contributed by atoms with Gasteiger partial charge in [0.2, 0.25) is 5.28 Å². The molecule has 0 aromatic carbocycles. The van der Waals surface area contributed by atoms with Crippen molar-refractivity contribution >= 4 is 23.4 Å². The van der Waals surface area contributed by atoms with Crippen molar-refractivity contribution in [3.63, 3.8) is 0 Å². The second kappa shape index (κ2) is 5.42. The van der Waals surface area contributed by atoms with Gasteiger partial charge in [-0.2, -0.15) is 0 Å². The van der Waals surface area contributed by atoms with Crippen molar-refractivity contribution < 1.29 is 5.11 Å². The van der Waals surface area contributed by atoms with Crippen LogP contribution < -0.4 is 0 Å². The molecule has 0 aliphatic heterocycles. The Bertz CT molecular complexity index is 272. The molecule has 0 bridgehead atoms. The second-order valence-electron chi connectivity index (χ2n) is 2.60. The first-order valence-electron chi connectivity index (χ1n) is 3.98. The number of hydrogen-bond donors (Lipinski definition) is 1. The number of hydrogen-bond acceptors (Lipinski definition) is 4. The van der Waals surface area contributed by atoms with Crippen LogP contribution in [0.5, 0.6) is 0 Å². The van der Waals surface area contributed by atoms with E-state index in [4.69, 9.17) is 16.7 Å². The fraction of sp³-hybridized carbons (Fsp3) is 0.500. The van der Waals surface area contributed by atoms with Crippen LogP contribution in [0.3, 0.4) is 0 Å². The lowest BCUT2D eigenvalue weighted by molar-refractivity contribution is 0.289. The molecule has 1 aromatic heterocycles. The van der Waals surface area contributed by atoms with Crippen molar-refractivity contribution in [1.82, 2.24) is 9.97 Å². The van der Waals surface area contributed by atoms with Crippen LogP contribution in [0, 0.1) is 0 Å². The van der Waals surface area contributed by atoms with Crippen molar-refractivity contribution in [3.05, 3.63) is 17.5 Å². The van der Waals surface area contributed by atoms with Crippen LogP contribution in [0.15, 0.2) is 17.3 Å². The Morgan fingerprint density at radius 2 is 2.46 bits per heavy atom. The first-order chi connectivity index (χ1) is 6.22. The van der Waals surface area contributed by atoms with E-state index in [1.54, 1.807) is 18.0 Å². The standard InChI is InChI=1S/C8H11ClN2OS/c1-6(3-5-12)13-7-2-4-10-8(9)11-7/h2,4,6,12H,3,5H2,1H3. The first-order valence-corrected chi connectivity index (χ1v) is 5.24. The molecule has 3 nitrogen and oxygen atoms in total. The van der Waals surface area contributed by atoms with E-state index in [-0.39, 0.29) is 11.9 Å². The summed E-state index contributed by atoms with van der Waals surface area (Å²) in [6.45, 7) is 2.24. The van der Waals surface area contributed by atoms with Gasteiger partial charge in [0.1, 0.15) is 5.03 Å². The average Bonchev–Trinajstić information content (AvgIpc) is 2.04. The van der Waals surface area contributed by atoms with E-state index in [2.05, 4.69) is 9.97 Å². The van der Waals surface area contributed by atoms with Gasteiger partial charge in [-0.1, -0.05) is 6.92 Å². The molecule has 1 aromatic rings. The van der Waals surface area contributed by atoms with Crippen molar-refractivity contribution in [2.45, 2.75) is 23.6 Å². The summed E-state index contributed by atoms with van der Waals surface area (Å²) in [6, 6.07) is 1.81. The topological polar surface area (TPSA) is 46.0 Å². The van der Waals surface area contributed by atoms with Crippen LogP contribution in [0.2, 0.25) is 5.28 Å². The van der Waals surface area contributed by atoms with Crippen molar-refractivity contribution in [2.24, 2.45) is 0 Å². The maximum Gasteiger partial charge on any atom is 0.223 e. The largest absolute Gasteiger partial charge is 0.396 e. The van der Waals surface area contributed by atoms with Gasteiger partial charge < -0.3 is 5.11 Å². The third-order valence-electron chi connectivity index (χ3n) is 1.46. The van der Waals surface area contributed by atoms with E-state index in [0.717, 1.165) is 11.4 Å². The van der Waals surface area contributed by atoms with Crippen LogP contribution in [0.25, 0.3) is 0 Å². The maximum absolute atomic E-state index is 8.70. The number of nitrogens with zero attached hydrogens (tertiary/aromatic N) is 2. The molecule has 1 heterocycles. The Kier molecular flexibility index (Phi) is 4.48. The molecule has 0 radical (unpaired) electrons. The molecule has 0 saturated heterocycles. The van der Waals surface area contributed by atoms with E-state index in [0.29, 0.717) is 5.25 Å². The summed E-state index contributed by atoms with van der Waals surface area (Å²) in [5.41, 5.74) is 0. The summed E-state index contributed by atoms with van der Waals surface area (Å²) in [7, 11) is 0. The first kappa shape index (κ1) is 10.8. The van der Waals surface area contributed by atoms with Gasteiger partial charge in [-0.25, -0.2) is 9.97 Å². The van der Waals surface area contributed by atoms with Crippen molar-refractivity contribution in [1.29, 1.82) is 0 Å². The molecule has 13 heavy (non-hydrogen) atoms. The molecular weight excluding hydrogens is 208 g/mol. The molecule has 0 aliphatic carbocycles. The highest BCUT2D eigenvalue weighted by Crippen LogP contribution is 2.23. The lowest BCUT2D eigenvalue weighted by Crippen LogP contribution is -1.99. The summed E-state index contributed by atoms with van der Waals surface area (Å²) in [5, 5.41) is 10.2. The van der Waals surface area contributed by atoms with Crippen molar-refractivity contribution in [2.75, 3.05) is 6.61 Å². The van der Waals surface area contributed by atoms with Gasteiger partial charge >= 0.3 is 0 Å². The van der Waals surface area contributed by atoms with Gasteiger partial charge in [0.25, 0.3) is 0 Å². The van der Waals surface area contributed by atoms with Gasteiger partial charge in [0.15, 0.2) is 0 Å². The molecule has 0 spiro atoms. The van der Waals surface area contributed by atoms with Gasteiger partial charge in [0.05, 0.1) is 0 Å². The number of rotatable bonds is 4. The molecule has 1 N–H and O–H groups in total. The Morgan fingerprint density at radius 3 is 3.08 bits per heavy atom. The quantitative estimate of drug-likeness (QED) is 0.477. The average molecular weight is 219 g/mol. The van der Waals surface area contributed by atoms with E-state index < -0.39 is 0 Å². The summed E-state index contributed by atoms with van der Waals surface area (Å²) in [4.78, 5) is 7.82. The molecule has 1 rings (SSSR count). The third kappa shape index (κ3) is 3.93. The van der Waals surface area contributed by atoms with Gasteiger partial charge in [-0.05, 0) is 24.1 Å². The lowest BCUT2D eigenvalue weighted by Gasteiger charge is -2.07. The fourth-order valence-electron chi connectivity index (χ4n) is 0.832. The zero-order valence-corrected chi connectivity index (χ0v) is 8.85. The van der Waals surface area contributed by atoms with Crippen LogP contribution in [-0.2, 0) is 0 Å². The van der Waals surface area contributed by atoms with Gasteiger partial charge in [-0.15, -0.1) is 11.8 Å². The molecule has 1 atom stereocenters. The van der Waals surface area contributed by atoms with E-state index in [1.807, 2.05) is 13.0 Å². The molecule has 72 valence electrons. The number of thioether (sulfide) groups is 1. The summed E-state index contributed by atoms with van der Waals surface area (Å²) in [6.07, 6.45) is 2.38. The zero-order valence-electron chi connectivity index (χ0n) is 7.27. The van der Waals surface area contributed by atoms with Crippen LogP contribution in [-0.4, -0.2) is 26.9 Å². The molecule has 0 fully saturated rings. The highest BCUT2D eigenvalue weighted by Gasteiger charge is 2.05. The van der Waals surface area contributed by atoms with E-state index in [1.165, 1.54) is 0 Å². The number of aromatic nitrogens is 2. The SMILES string of the molecule is CC(CCO)Sc1ccnc(Cl)n1.